The van der Waals surface area contributed by atoms with Gasteiger partial charge in [-0.3, -0.25) is 19.6 Å². The van der Waals surface area contributed by atoms with Crippen LogP contribution in [0.25, 0.3) is 0 Å². The molecule has 0 atom stereocenters. The van der Waals surface area contributed by atoms with Crippen LogP contribution in [0.4, 0.5) is 11.4 Å². The van der Waals surface area contributed by atoms with E-state index in [0.29, 0.717) is 0 Å². The zero-order chi connectivity index (χ0) is 20.2. The first-order valence-electron chi connectivity index (χ1n) is 7.79. The fraction of sp³-hybridized carbons (Fsp3) is 0.333. The summed E-state index contributed by atoms with van der Waals surface area (Å²) in [5, 5.41) is 26.9. The van der Waals surface area contributed by atoms with Crippen molar-refractivity contribution in [2.45, 2.75) is 24.8 Å². The molecule has 0 fully saturated rings. The van der Waals surface area contributed by atoms with Crippen molar-refractivity contribution in [3.05, 3.63) is 34.5 Å². The first kappa shape index (κ1) is 20.2. The van der Waals surface area contributed by atoms with E-state index >= 15 is 0 Å². The number of nitrogens with one attached hydrogen (secondary N) is 1. The highest BCUT2D eigenvalue weighted by atomic mass is 32.2. The number of anilines is 1. The Morgan fingerprint density at radius 3 is 2.70 bits per heavy atom. The van der Waals surface area contributed by atoms with Crippen molar-refractivity contribution in [3.8, 4) is 11.6 Å². The normalized spacial score (nSPS) is 11.2. The fourth-order valence-electron chi connectivity index (χ4n) is 2.18. The molecular weight excluding hydrogens is 380 g/mol. The Labute approximate surface area is 154 Å². The molecular formula is C15H18N4O7S. The first-order chi connectivity index (χ1) is 12.7. The van der Waals surface area contributed by atoms with Crippen molar-refractivity contribution in [2.75, 3.05) is 18.2 Å². The third kappa shape index (κ3) is 4.73. The molecule has 0 saturated heterocycles. The molecule has 0 unspecified atom stereocenters. The molecule has 0 saturated carbocycles. The number of methoxy groups -OCH3 is 1. The maximum atomic E-state index is 12.1. The average molecular weight is 398 g/mol. The van der Waals surface area contributed by atoms with E-state index in [0.717, 1.165) is 6.20 Å². The highest BCUT2D eigenvalue weighted by Crippen LogP contribution is 2.27. The second-order valence-corrected chi connectivity index (χ2v) is 7.70. The van der Waals surface area contributed by atoms with Gasteiger partial charge in [-0.1, -0.05) is 6.92 Å². The molecule has 0 spiro atoms. The number of carbonyl (C=O) groups excluding carboxylic acids is 1. The number of benzene rings is 1. The largest absolute Gasteiger partial charge is 0.506 e. The highest BCUT2D eigenvalue weighted by molar-refractivity contribution is 7.91. The Morgan fingerprint density at radius 1 is 1.44 bits per heavy atom. The molecule has 0 radical (unpaired) electrons. The van der Waals surface area contributed by atoms with E-state index < -0.39 is 20.7 Å². The zero-order valence-electron chi connectivity index (χ0n) is 14.6. The van der Waals surface area contributed by atoms with Gasteiger partial charge in [0.2, 0.25) is 5.91 Å². The molecule has 27 heavy (non-hydrogen) atoms. The summed E-state index contributed by atoms with van der Waals surface area (Å²) in [5.74, 6) is -1.11. The van der Waals surface area contributed by atoms with E-state index in [1.165, 1.54) is 36.9 Å². The van der Waals surface area contributed by atoms with Gasteiger partial charge < -0.3 is 15.2 Å². The van der Waals surface area contributed by atoms with E-state index in [2.05, 4.69) is 10.4 Å². The van der Waals surface area contributed by atoms with Crippen LogP contribution in [0.5, 0.6) is 11.6 Å². The number of hydrogen-bond acceptors (Lipinski definition) is 8. The van der Waals surface area contributed by atoms with Crippen molar-refractivity contribution in [3.63, 3.8) is 0 Å². The summed E-state index contributed by atoms with van der Waals surface area (Å²) in [6.07, 6.45) is 1.02. The number of aromatic nitrogens is 2. The van der Waals surface area contributed by atoms with E-state index in [9.17, 15) is 28.4 Å². The quantitative estimate of drug-likeness (QED) is 0.383. The first-order valence-corrected chi connectivity index (χ1v) is 9.44. The van der Waals surface area contributed by atoms with E-state index in [1.54, 1.807) is 0 Å². The number of nitro groups is 1. The smallest absolute Gasteiger partial charge is 0.350 e. The molecule has 1 aromatic heterocycles. The van der Waals surface area contributed by atoms with Gasteiger partial charge in [0.25, 0.3) is 0 Å². The molecule has 0 bridgehead atoms. The molecule has 12 heteroatoms. The number of hydrogen-bond donors (Lipinski definition) is 2. The van der Waals surface area contributed by atoms with Crippen LogP contribution in [0.2, 0.25) is 0 Å². The fourth-order valence-corrected chi connectivity index (χ4v) is 3.09. The minimum atomic E-state index is -3.50. The summed E-state index contributed by atoms with van der Waals surface area (Å²) in [6, 6.07) is 3.60. The van der Waals surface area contributed by atoms with Gasteiger partial charge in [0.1, 0.15) is 11.9 Å². The molecule has 0 aliphatic carbocycles. The number of phenolic OH excluding ortho intramolecular Hbond substituents is 1. The molecule has 1 aromatic carbocycles. The lowest BCUT2D eigenvalue weighted by molar-refractivity contribution is -0.385. The molecule has 2 N–H and O–H groups in total. The van der Waals surface area contributed by atoms with E-state index in [-0.39, 0.29) is 46.6 Å². The Morgan fingerprint density at radius 2 is 2.15 bits per heavy atom. The average Bonchev–Trinajstić information content (AvgIpc) is 3.05. The molecule has 2 rings (SSSR count). The van der Waals surface area contributed by atoms with Crippen molar-refractivity contribution in [1.29, 1.82) is 0 Å². The van der Waals surface area contributed by atoms with Gasteiger partial charge in [0.05, 0.1) is 34.9 Å². The van der Waals surface area contributed by atoms with Crippen LogP contribution in [0.3, 0.4) is 0 Å². The number of rotatable bonds is 8. The maximum Gasteiger partial charge on any atom is 0.350 e. The number of phenols is 1. The Bertz CT molecular complexity index is 969. The third-order valence-corrected chi connectivity index (χ3v) is 5.38. The summed E-state index contributed by atoms with van der Waals surface area (Å²) in [4.78, 5) is 22.3. The number of carbonyl (C=O) groups is 1. The van der Waals surface area contributed by atoms with Crippen LogP contribution in [-0.2, 0) is 21.2 Å². The number of amides is 1. The summed E-state index contributed by atoms with van der Waals surface area (Å²) in [5.41, 5.74) is -0.369. The molecule has 2 aromatic rings. The van der Waals surface area contributed by atoms with Crippen molar-refractivity contribution in [1.82, 2.24) is 9.78 Å². The second kappa shape index (κ2) is 8.03. The van der Waals surface area contributed by atoms with Crippen molar-refractivity contribution < 1.29 is 28.0 Å². The second-order valence-electron chi connectivity index (χ2n) is 5.42. The number of aromatic hydroxyl groups is 1. The standard InChI is InChI=1S/C15H18N4O7S/c1-3-27(24,25)10-4-5-13(20)11(8-10)16-14(21)6-7-18-9-12(19(22)23)15(17-18)26-2/h4-5,8-9,20H,3,6-7H2,1-2H3,(H,16,21). The minimum Gasteiger partial charge on any atom is -0.506 e. The lowest BCUT2D eigenvalue weighted by Crippen LogP contribution is -2.15. The molecule has 1 amide bonds. The minimum absolute atomic E-state index is 0.0176. The number of sulfone groups is 1. The van der Waals surface area contributed by atoms with Crippen LogP contribution in [0, 0.1) is 10.1 Å². The van der Waals surface area contributed by atoms with Crippen LogP contribution >= 0.6 is 0 Å². The SMILES string of the molecule is CCS(=O)(=O)c1ccc(O)c(NC(=O)CCn2cc([N+](=O)[O-])c(OC)n2)c1. The predicted molar refractivity (Wildman–Crippen MR) is 94.5 cm³/mol. The van der Waals surface area contributed by atoms with Crippen molar-refractivity contribution in [2.24, 2.45) is 0 Å². The van der Waals surface area contributed by atoms with Crippen LogP contribution < -0.4 is 10.1 Å². The van der Waals surface area contributed by atoms with Crippen LogP contribution in [0.1, 0.15) is 13.3 Å². The molecule has 146 valence electrons. The summed E-state index contributed by atoms with van der Waals surface area (Å²) in [7, 11) is -2.25. The molecule has 1 heterocycles. The lowest BCUT2D eigenvalue weighted by Gasteiger charge is -2.09. The Hall–Kier alpha value is -3.15. The van der Waals surface area contributed by atoms with E-state index in [1.807, 2.05) is 0 Å². The number of nitrogens with zero attached hydrogens (tertiary/aromatic N) is 3. The number of aryl methyl sites for hydroxylation is 1. The lowest BCUT2D eigenvalue weighted by atomic mass is 10.3. The van der Waals surface area contributed by atoms with Crippen molar-refractivity contribution >= 4 is 27.1 Å². The van der Waals surface area contributed by atoms with Crippen LogP contribution in [0.15, 0.2) is 29.3 Å². The van der Waals surface area contributed by atoms with Gasteiger partial charge in [0, 0.05) is 6.42 Å². The van der Waals surface area contributed by atoms with Gasteiger partial charge in [0.15, 0.2) is 9.84 Å². The van der Waals surface area contributed by atoms with Gasteiger partial charge in [-0.25, -0.2) is 8.42 Å². The zero-order valence-corrected chi connectivity index (χ0v) is 15.4. The molecule has 0 aliphatic heterocycles. The highest BCUT2D eigenvalue weighted by Gasteiger charge is 2.20. The van der Waals surface area contributed by atoms with Gasteiger partial charge in [-0.15, -0.1) is 5.10 Å². The summed E-state index contributed by atoms with van der Waals surface area (Å²) >= 11 is 0. The van der Waals surface area contributed by atoms with Gasteiger partial charge >= 0.3 is 11.6 Å². The summed E-state index contributed by atoms with van der Waals surface area (Å²) < 4.78 is 29.8. The van der Waals surface area contributed by atoms with E-state index in [4.69, 9.17) is 4.74 Å². The van der Waals surface area contributed by atoms with Gasteiger partial charge in [-0.05, 0) is 18.2 Å². The molecule has 11 nitrogen and oxygen atoms in total. The maximum absolute atomic E-state index is 12.1. The number of ether oxygens (including phenoxy) is 1. The Kier molecular flexibility index (Phi) is 6.00. The predicted octanol–water partition coefficient (Wildman–Crippen LogP) is 1.33. The molecule has 0 aliphatic rings. The Balaban J connectivity index is 2.08. The monoisotopic (exact) mass is 398 g/mol. The topological polar surface area (TPSA) is 154 Å². The van der Waals surface area contributed by atoms with Crippen LogP contribution in [-0.4, -0.2) is 47.0 Å². The third-order valence-electron chi connectivity index (χ3n) is 3.65. The summed E-state index contributed by atoms with van der Waals surface area (Å²) in [6.45, 7) is 1.50. The van der Waals surface area contributed by atoms with Gasteiger partial charge in [-0.2, -0.15) is 0 Å².